The normalized spacial score (nSPS) is 12.4. The molecule has 2 heterocycles. The van der Waals surface area contributed by atoms with Gasteiger partial charge in [0.05, 0.1) is 5.56 Å². The zero-order chi connectivity index (χ0) is 23.4. The van der Waals surface area contributed by atoms with Crippen LogP contribution in [0.5, 0.6) is 0 Å². The molecule has 0 radical (unpaired) electrons. The van der Waals surface area contributed by atoms with E-state index in [2.05, 4.69) is 20.5 Å². The molecule has 1 amide bonds. The molecule has 0 saturated heterocycles. The first kappa shape index (κ1) is 22.5. The van der Waals surface area contributed by atoms with Crippen LogP contribution >= 0.6 is 11.8 Å². The number of hydrogen-bond acceptors (Lipinski definition) is 5. The Balaban J connectivity index is 1.62. The number of carbonyl (C=O) groups is 1. The lowest BCUT2D eigenvalue weighted by Crippen LogP contribution is -2.20. The third-order valence-electron chi connectivity index (χ3n) is 4.79. The standard InChI is InChI=1S/C23H18F3N5OS/c1-31-20(16-10-12-27-13-11-16)29-30-22(31)33-19(15-6-3-2-4-7-15)21(32)28-18-9-5-8-17(14-18)23(24,25)26/h2-14,19H,1H3,(H,28,32)/t19-/m0/s1. The molecule has 0 aliphatic carbocycles. The predicted octanol–water partition coefficient (Wildman–Crippen LogP) is 5.37. The van der Waals surface area contributed by atoms with Gasteiger partial charge in [-0.05, 0) is 35.9 Å². The lowest BCUT2D eigenvalue weighted by atomic mass is 10.1. The van der Waals surface area contributed by atoms with E-state index in [1.54, 1.807) is 60.4 Å². The Kier molecular flexibility index (Phi) is 6.45. The number of benzene rings is 2. The van der Waals surface area contributed by atoms with E-state index in [0.717, 1.165) is 29.5 Å². The summed E-state index contributed by atoms with van der Waals surface area (Å²) in [6, 6.07) is 17.1. The number of nitrogens with zero attached hydrogens (tertiary/aromatic N) is 4. The molecule has 0 spiro atoms. The first-order valence-electron chi connectivity index (χ1n) is 9.82. The van der Waals surface area contributed by atoms with E-state index >= 15 is 0 Å². The van der Waals surface area contributed by atoms with Crippen LogP contribution in [0.3, 0.4) is 0 Å². The molecule has 1 N–H and O–H groups in total. The topological polar surface area (TPSA) is 72.7 Å². The quantitative estimate of drug-likeness (QED) is 0.385. The number of pyridine rings is 1. The Bertz CT molecular complexity index is 1250. The summed E-state index contributed by atoms with van der Waals surface area (Å²) in [6.45, 7) is 0. The summed E-state index contributed by atoms with van der Waals surface area (Å²) in [6.07, 6.45) is -1.21. The van der Waals surface area contributed by atoms with Crippen LogP contribution in [-0.2, 0) is 18.0 Å². The molecule has 4 rings (SSSR count). The molecule has 0 bridgehead atoms. The second-order valence-corrected chi connectivity index (χ2v) is 8.15. The van der Waals surface area contributed by atoms with Gasteiger partial charge in [-0.25, -0.2) is 0 Å². The van der Waals surface area contributed by atoms with Gasteiger partial charge in [0.2, 0.25) is 5.91 Å². The SMILES string of the molecule is Cn1c(S[C@H](C(=O)Nc2cccc(C(F)(F)F)c2)c2ccccc2)nnc1-c1ccncc1. The molecule has 0 unspecified atom stereocenters. The van der Waals surface area contributed by atoms with Gasteiger partial charge in [0.1, 0.15) is 5.25 Å². The van der Waals surface area contributed by atoms with Crippen LogP contribution in [0.4, 0.5) is 18.9 Å². The van der Waals surface area contributed by atoms with E-state index in [4.69, 9.17) is 0 Å². The van der Waals surface area contributed by atoms with E-state index < -0.39 is 22.9 Å². The van der Waals surface area contributed by atoms with E-state index in [1.807, 2.05) is 6.07 Å². The summed E-state index contributed by atoms with van der Waals surface area (Å²) in [5, 5.41) is 10.8. The van der Waals surface area contributed by atoms with Gasteiger partial charge < -0.3 is 9.88 Å². The van der Waals surface area contributed by atoms with Gasteiger partial charge in [0.25, 0.3) is 0 Å². The van der Waals surface area contributed by atoms with Crippen molar-refractivity contribution in [3.8, 4) is 11.4 Å². The number of thioether (sulfide) groups is 1. The number of aromatic nitrogens is 4. The Labute approximate surface area is 191 Å². The van der Waals surface area contributed by atoms with E-state index in [1.165, 1.54) is 12.1 Å². The van der Waals surface area contributed by atoms with Gasteiger partial charge in [-0.3, -0.25) is 9.78 Å². The van der Waals surface area contributed by atoms with Gasteiger partial charge in [0, 0.05) is 30.7 Å². The number of amides is 1. The number of halogens is 3. The number of carbonyl (C=O) groups excluding carboxylic acids is 1. The highest BCUT2D eigenvalue weighted by Gasteiger charge is 2.31. The molecule has 10 heteroatoms. The maximum Gasteiger partial charge on any atom is 0.416 e. The minimum atomic E-state index is -4.50. The number of nitrogens with one attached hydrogen (secondary N) is 1. The number of rotatable bonds is 6. The molecular formula is C23H18F3N5OS. The maximum absolute atomic E-state index is 13.2. The Hall–Kier alpha value is -3.66. The molecule has 168 valence electrons. The van der Waals surface area contributed by atoms with E-state index in [0.29, 0.717) is 16.5 Å². The number of alkyl halides is 3. The molecule has 0 aliphatic heterocycles. The minimum Gasteiger partial charge on any atom is -0.325 e. The fourth-order valence-corrected chi connectivity index (χ4v) is 4.16. The Morgan fingerprint density at radius 2 is 1.73 bits per heavy atom. The van der Waals surface area contributed by atoms with Gasteiger partial charge >= 0.3 is 6.18 Å². The smallest absolute Gasteiger partial charge is 0.325 e. The van der Waals surface area contributed by atoms with Crippen molar-refractivity contribution in [3.63, 3.8) is 0 Å². The Morgan fingerprint density at radius 3 is 2.42 bits per heavy atom. The van der Waals surface area contributed by atoms with Crippen LogP contribution in [0.2, 0.25) is 0 Å². The van der Waals surface area contributed by atoms with Crippen LogP contribution in [-0.4, -0.2) is 25.7 Å². The van der Waals surface area contributed by atoms with Crippen LogP contribution in [0.1, 0.15) is 16.4 Å². The van der Waals surface area contributed by atoms with Gasteiger partial charge in [-0.1, -0.05) is 48.2 Å². The highest BCUT2D eigenvalue weighted by Crippen LogP contribution is 2.37. The highest BCUT2D eigenvalue weighted by atomic mass is 32.2. The molecule has 2 aromatic heterocycles. The maximum atomic E-state index is 13.2. The third kappa shape index (κ3) is 5.23. The van der Waals surface area contributed by atoms with Gasteiger partial charge in [0.15, 0.2) is 11.0 Å². The van der Waals surface area contributed by atoms with Crippen molar-refractivity contribution in [3.05, 3.63) is 90.3 Å². The molecule has 4 aromatic rings. The summed E-state index contributed by atoms with van der Waals surface area (Å²) in [5.41, 5.74) is 0.725. The first-order chi connectivity index (χ1) is 15.8. The average Bonchev–Trinajstić information content (AvgIpc) is 3.18. The summed E-state index contributed by atoms with van der Waals surface area (Å²) < 4.78 is 41.0. The van der Waals surface area contributed by atoms with Crippen LogP contribution < -0.4 is 5.32 Å². The third-order valence-corrected chi connectivity index (χ3v) is 6.08. The monoisotopic (exact) mass is 469 g/mol. The number of hydrogen-bond donors (Lipinski definition) is 1. The Morgan fingerprint density at radius 1 is 1.00 bits per heavy atom. The van der Waals surface area contributed by atoms with Crippen LogP contribution in [0, 0.1) is 0 Å². The molecule has 2 aromatic carbocycles. The first-order valence-corrected chi connectivity index (χ1v) is 10.7. The summed E-state index contributed by atoms with van der Waals surface area (Å²) in [4.78, 5) is 17.2. The van der Waals surface area contributed by atoms with Crippen molar-refractivity contribution >= 4 is 23.4 Å². The zero-order valence-corrected chi connectivity index (χ0v) is 18.1. The molecule has 0 aliphatic rings. The van der Waals surface area contributed by atoms with Crippen molar-refractivity contribution in [2.45, 2.75) is 16.6 Å². The fourth-order valence-electron chi connectivity index (χ4n) is 3.16. The van der Waals surface area contributed by atoms with Crippen LogP contribution in [0.25, 0.3) is 11.4 Å². The minimum absolute atomic E-state index is 0.0618. The largest absolute Gasteiger partial charge is 0.416 e. The van der Waals surface area contributed by atoms with Crippen molar-refractivity contribution in [2.24, 2.45) is 7.05 Å². The summed E-state index contributed by atoms with van der Waals surface area (Å²) in [7, 11) is 1.78. The molecular weight excluding hydrogens is 451 g/mol. The predicted molar refractivity (Wildman–Crippen MR) is 119 cm³/mol. The lowest BCUT2D eigenvalue weighted by molar-refractivity contribution is -0.137. The van der Waals surface area contributed by atoms with Crippen molar-refractivity contribution in [1.82, 2.24) is 19.7 Å². The zero-order valence-electron chi connectivity index (χ0n) is 17.3. The van der Waals surface area contributed by atoms with Crippen molar-refractivity contribution in [2.75, 3.05) is 5.32 Å². The second kappa shape index (κ2) is 9.45. The molecule has 6 nitrogen and oxygen atoms in total. The molecule has 1 atom stereocenters. The van der Waals surface area contributed by atoms with Gasteiger partial charge in [-0.2, -0.15) is 13.2 Å². The second-order valence-electron chi connectivity index (χ2n) is 7.08. The summed E-state index contributed by atoms with van der Waals surface area (Å²) >= 11 is 1.16. The van der Waals surface area contributed by atoms with Crippen molar-refractivity contribution < 1.29 is 18.0 Å². The molecule has 0 saturated carbocycles. The lowest BCUT2D eigenvalue weighted by Gasteiger charge is -2.17. The highest BCUT2D eigenvalue weighted by molar-refractivity contribution is 8.00. The van der Waals surface area contributed by atoms with Crippen molar-refractivity contribution in [1.29, 1.82) is 0 Å². The van der Waals surface area contributed by atoms with E-state index in [-0.39, 0.29) is 5.69 Å². The number of anilines is 1. The molecule has 0 fully saturated rings. The fraction of sp³-hybridized carbons (Fsp3) is 0.130. The van der Waals surface area contributed by atoms with Gasteiger partial charge in [-0.15, -0.1) is 10.2 Å². The molecule has 33 heavy (non-hydrogen) atoms. The summed E-state index contributed by atoms with van der Waals surface area (Å²) in [5.74, 6) is 0.129. The average molecular weight is 469 g/mol. The van der Waals surface area contributed by atoms with Crippen LogP contribution in [0.15, 0.2) is 84.3 Å². The van der Waals surface area contributed by atoms with E-state index in [9.17, 15) is 18.0 Å².